The lowest BCUT2D eigenvalue weighted by Gasteiger charge is -2.24. The molecule has 1 amide bonds. The van der Waals surface area contributed by atoms with Crippen LogP contribution in [0, 0.1) is 12.8 Å². The van der Waals surface area contributed by atoms with Gasteiger partial charge in [0.25, 0.3) is 0 Å². The van der Waals surface area contributed by atoms with E-state index in [9.17, 15) is 4.79 Å². The second kappa shape index (κ2) is 6.65. The van der Waals surface area contributed by atoms with E-state index in [1.165, 1.54) is 17.5 Å². The fourth-order valence-corrected chi connectivity index (χ4v) is 2.61. The molecule has 1 aliphatic rings. The standard InChI is InChI=1S/C19H22N2O/c1-14-4-2-5-15(12-14)13-20-17-8-10-18(11-9-17)21-19(22)16-6-3-7-16/h2,4-5,8-12,16,20H,3,6-7,13H2,1H3,(H,21,22). The number of aryl methyl sites for hydroxylation is 1. The Kier molecular flexibility index (Phi) is 4.42. The number of hydrogen-bond acceptors (Lipinski definition) is 2. The Morgan fingerprint density at radius 1 is 1.09 bits per heavy atom. The molecule has 0 aromatic heterocycles. The maximum atomic E-state index is 11.9. The lowest BCUT2D eigenvalue weighted by atomic mass is 9.85. The van der Waals surface area contributed by atoms with E-state index < -0.39 is 0 Å². The summed E-state index contributed by atoms with van der Waals surface area (Å²) in [5.41, 5.74) is 4.47. The highest BCUT2D eigenvalue weighted by Gasteiger charge is 2.24. The normalized spacial score (nSPS) is 14.2. The first kappa shape index (κ1) is 14.6. The van der Waals surface area contributed by atoms with Gasteiger partial charge in [-0.05, 0) is 49.6 Å². The number of benzene rings is 2. The molecule has 1 aliphatic carbocycles. The van der Waals surface area contributed by atoms with Crippen molar-refractivity contribution in [3.63, 3.8) is 0 Å². The Morgan fingerprint density at radius 3 is 2.45 bits per heavy atom. The third kappa shape index (κ3) is 3.67. The van der Waals surface area contributed by atoms with E-state index in [-0.39, 0.29) is 11.8 Å². The third-order valence-electron chi connectivity index (χ3n) is 4.21. The Balaban J connectivity index is 1.53. The molecule has 0 spiro atoms. The van der Waals surface area contributed by atoms with Crippen molar-refractivity contribution in [3.05, 3.63) is 59.7 Å². The van der Waals surface area contributed by atoms with Crippen LogP contribution in [-0.4, -0.2) is 5.91 Å². The highest BCUT2D eigenvalue weighted by atomic mass is 16.1. The lowest BCUT2D eigenvalue weighted by Crippen LogP contribution is -2.27. The fourth-order valence-electron chi connectivity index (χ4n) is 2.61. The number of anilines is 2. The Hall–Kier alpha value is -2.29. The van der Waals surface area contributed by atoms with Crippen LogP contribution in [0.15, 0.2) is 48.5 Å². The zero-order chi connectivity index (χ0) is 15.4. The molecule has 0 heterocycles. The summed E-state index contributed by atoms with van der Waals surface area (Å²) in [5.74, 6) is 0.380. The van der Waals surface area contributed by atoms with Crippen molar-refractivity contribution in [2.75, 3.05) is 10.6 Å². The van der Waals surface area contributed by atoms with Gasteiger partial charge >= 0.3 is 0 Å². The molecular weight excluding hydrogens is 272 g/mol. The molecule has 0 saturated heterocycles. The average Bonchev–Trinajstić information content (AvgIpc) is 2.45. The molecular formula is C19H22N2O. The van der Waals surface area contributed by atoms with Crippen molar-refractivity contribution in [2.24, 2.45) is 5.92 Å². The smallest absolute Gasteiger partial charge is 0.227 e. The number of carbonyl (C=O) groups excluding carboxylic acids is 1. The van der Waals surface area contributed by atoms with Gasteiger partial charge in [-0.15, -0.1) is 0 Å². The number of hydrogen-bond donors (Lipinski definition) is 2. The van der Waals surface area contributed by atoms with Crippen molar-refractivity contribution in [2.45, 2.75) is 32.7 Å². The Bertz CT molecular complexity index is 645. The van der Waals surface area contributed by atoms with Crippen molar-refractivity contribution in [1.82, 2.24) is 0 Å². The van der Waals surface area contributed by atoms with Crippen LogP contribution >= 0.6 is 0 Å². The van der Waals surface area contributed by atoms with Crippen LogP contribution in [0.25, 0.3) is 0 Å². The highest BCUT2D eigenvalue weighted by molar-refractivity contribution is 5.93. The van der Waals surface area contributed by atoms with E-state index in [4.69, 9.17) is 0 Å². The fraction of sp³-hybridized carbons (Fsp3) is 0.316. The zero-order valence-electron chi connectivity index (χ0n) is 12.9. The number of rotatable bonds is 5. The molecule has 2 aromatic rings. The first-order valence-corrected chi connectivity index (χ1v) is 7.91. The molecule has 0 radical (unpaired) electrons. The second-order valence-electron chi connectivity index (χ2n) is 6.04. The molecule has 3 nitrogen and oxygen atoms in total. The Morgan fingerprint density at radius 2 is 1.82 bits per heavy atom. The number of amides is 1. The predicted octanol–water partition coefficient (Wildman–Crippen LogP) is 4.35. The molecule has 3 heteroatoms. The average molecular weight is 294 g/mol. The minimum atomic E-state index is 0.159. The molecule has 0 aliphatic heterocycles. The van der Waals surface area contributed by atoms with Gasteiger partial charge in [0, 0.05) is 23.8 Å². The minimum Gasteiger partial charge on any atom is -0.381 e. The topological polar surface area (TPSA) is 41.1 Å². The maximum absolute atomic E-state index is 11.9. The van der Waals surface area contributed by atoms with Crippen molar-refractivity contribution in [1.29, 1.82) is 0 Å². The van der Waals surface area contributed by atoms with Gasteiger partial charge in [0.2, 0.25) is 5.91 Å². The summed E-state index contributed by atoms with van der Waals surface area (Å²) in [5, 5.41) is 6.39. The summed E-state index contributed by atoms with van der Waals surface area (Å²) in [4.78, 5) is 11.9. The summed E-state index contributed by atoms with van der Waals surface area (Å²) in [6.45, 7) is 2.90. The molecule has 0 unspecified atom stereocenters. The van der Waals surface area contributed by atoms with Crippen molar-refractivity contribution in [3.8, 4) is 0 Å². The molecule has 114 valence electrons. The molecule has 22 heavy (non-hydrogen) atoms. The number of nitrogens with one attached hydrogen (secondary N) is 2. The van der Waals surface area contributed by atoms with Crippen LogP contribution in [0.1, 0.15) is 30.4 Å². The summed E-state index contributed by atoms with van der Waals surface area (Å²) < 4.78 is 0. The van der Waals surface area contributed by atoms with E-state index >= 15 is 0 Å². The van der Waals surface area contributed by atoms with Crippen LogP contribution in [0.5, 0.6) is 0 Å². The molecule has 2 N–H and O–H groups in total. The molecule has 0 atom stereocenters. The SMILES string of the molecule is Cc1cccc(CNc2ccc(NC(=O)C3CCC3)cc2)c1. The second-order valence-corrected chi connectivity index (χ2v) is 6.04. The molecule has 1 saturated carbocycles. The van der Waals surface area contributed by atoms with Gasteiger partial charge < -0.3 is 10.6 Å². The Labute approximate surface area is 131 Å². The summed E-state index contributed by atoms with van der Waals surface area (Å²) in [6, 6.07) is 16.4. The summed E-state index contributed by atoms with van der Waals surface area (Å²) in [6.07, 6.45) is 3.24. The van der Waals surface area contributed by atoms with Gasteiger partial charge in [0.05, 0.1) is 0 Å². The third-order valence-corrected chi connectivity index (χ3v) is 4.21. The lowest BCUT2D eigenvalue weighted by molar-refractivity contribution is -0.122. The molecule has 1 fully saturated rings. The molecule has 2 aromatic carbocycles. The van der Waals surface area contributed by atoms with E-state index in [0.29, 0.717) is 0 Å². The molecule has 3 rings (SSSR count). The minimum absolute atomic E-state index is 0.159. The van der Waals surface area contributed by atoms with E-state index in [2.05, 4.69) is 41.8 Å². The van der Waals surface area contributed by atoms with Crippen LogP contribution in [-0.2, 0) is 11.3 Å². The monoisotopic (exact) mass is 294 g/mol. The van der Waals surface area contributed by atoms with Gasteiger partial charge in [0.15, 0.2) is 0 Å². The van der Waals surface area contributed by atoms with E-state index in [1.807, 2.05) is 24.3 Å². The maximum Gasteiger partial charge on any atom is 0.227 e. The highest BCUT2D eigenvalue weighted by Crippen LogP contribution is 2.27. The van der Waals surface area contributed by atoms with Gasteiger partial charge in [-0.2, -0.15) is 0 Å². The first-order chi connectivity index (χ1) is 10.7. The largest absolute Gasteiger partial charge is 0.381 e. The molecule has 0 bridgehead atoms. The van der Waals surface area contributed by atoms with Gasteiger partial charge in [-0.25, -0.2) is 0 Å². The van der Waals surface area contributed by atoms with E-state index in [1.54, 1.807) is 0 Å². The van der Waals surface area contributed by atoms with Crippen LogP contribution in [0.3, 0.4) is 0 Å². The predicted molar refractivity (Wildman–Crippen MR) is 90.9 cm³/mol. The van der Waals surface area contributed by atoms with E-state index in [0.717, 1.165) is 30.8 Å². The van der Waals surface area contributed by atoms with Gasteiger partial charge in [-0.3, -0.25) is 4.79 Å². The first-order valence-electron chi connectivity index (χ1n) is 7.91. The van der Waals surface area contributed by atoms with Crippen molar-refractivity contribution < 1.29 is 4.79 Å². The van der Waals surface area contributed by atoms with Crippen LogP contribution in [0.2, 0.25) is 0 Å². The van der Waals surface area contributed by atoms with Gasteiger partial charge in [0.1, 0.15) is 0 Å². The summed E-state index contributed by atoms with van der Waals surface area (Å²) in [7, 11) is 0. The van der Waals surface area contributed by atoms with Crippen molar-refractivity contribution >= 4 is 17.3 Å². The van der Waals surface area contributed by atoms with Crippen LogP contribution in [0.4, 0.5) is 11.4 Å². The van der Waals surface area contributed by atoms with Crippen LogP contribution < -0.4 is 10.6 Å². The number of carbonyl (C=O) groups is 1. The zero-order valence-corrected chi connectivity index (χ0v) is 12.9. The quantitative estimate of drug-likeness (QED) is 0.861. The van der Waals surface area contributed by atoms with Gasteiger partial charge in [-0.1, -0.05) is 36.2 Å². The summed E-state index contributed by atoms with van der Waals surface area (Å²) >= 11 is 0.